The van der Waals surface area contributed by atoms with E-state index in [1.807, 2.05) is 36.5 Å². The van der Waals surface area contributed by atoms with Gasteiger partial charge >= 0.3 is 0 Å². The zero-order chi connectivity index (χ0) is 14.4. The first-order chi connectivity index (χ1) is 9.69. The van der Waals surface area contributed by atoms with Crippen molar-refractivity contribution >= 4 is 11.9 Å². The van der Waals surface area contributed by atoms with Crippen molar-refractivity contribution in [1.29, 1.82) is 0 Å². The zero-order valence-corrected chi connectivity index (χ0v) is 12.0. The fraction of sp³-hybridized carbons (Fsp3) is 0.167. The van der Waals surface area contributed by atoms with Crippen LogP contribution in [-0.2, 0) is 0 Å². The largest absolute Gasteiger partial charge is 0.490 e. The Kier molecular flexibility index (Phi) is 4.72. The van der Waals surface area contributed by atoms with Crippen molar-refractivity contribution in [1.82, 2.24) is 0 Å². The predicted molar refractivity (Wildman–Crippen MR) is 85.3 cm³/mol. The van der Waals surface area contributed by atoms with E-state index in [4.69, 9.17) is 4.74 Å². The molecular weight excluding hydrogens is 246 g/mol. The topological polar surface area (TPSA) is 21.6 Å². The van der Waals surface area contributed by atoms with Crippen LogP contribution in [0.15, 0.2) is 60.1 Å². The van der Waals surface area contributed by atoms with Crippen molar-refractivity contribution in [3.63, 3.8) is 0 Å². The van der Waals surface area contributed by atoms with E-state index in [1.165, 1.54) is 11.1 Å². The number of nitrogens with zero attached hydrogens (tertiary/aromatic N) is 1. The SMILES string of the molecule is C=CCOc1ccc(C=Nc2ccc(C)c(C)c2)cc1. The molecule has 0 spiro atoms. The molecule has 0 aliphatic carbocycles. The summed E-state index contributed by atoms with van der Waals surface area (Å²) >= 11 is 0. The predicted octanol–water partition coefficient (Wildman–Crippen LogP) is 4.62. The second kappa shape index (κ2) is 6.71. The highest BCUT2D eigenvalue weighted by atomic mass is 16.5. The van der Waals surface area contributed by atoms with Gasteiger partial charge in [0.2, 0.25) is 0 Å². The lowest BCUT2D eigenvalue weighted by atomic mass is 10.1. The van der Waals surface area contributed by atoms with Gasteiger partial charge in [-0.2, -0.15) is 0 Å². The van der Waals surface area contributed by atoms with Crippen molar-refractivity contribution in [3.8, 4) is 5.75 Å². The molecule has 2 rings (SSSR count). The Morgan fingerprint density at radius 1 is 1.05 bits per heavy atom. The van der Waals surface area contributed by atoms with Gasteiger partial charge in [-0.05, 0) is 66.9 Å². The van der Waals surface area contributed by atoms with Crippen LogP contribution in [0.5, 0.6) is 5.75 Å². The molecule has 0 amide bonds. The van der Waals surface area contributed by atoms with E-state index < -0.39 is 0 Å². The van der Waals surface area contributed by atoms with Crippen molar-refractivity contribution in [2.45, 2.75) is 13.8 Å². The van der Waals surface area contributed by atoms with Gasteiger partial charge in [-0.25, -0.2) is 0 Å². The molecule has 0 radical (unpaired) electrons. The number of ether oxygens (including phenoxy) is 1. The third-order valence-corrected chi connectivity index (χ3v) is 3.10. The first kappa shape index (κ1) is 14.1. The summed E-state index contributed by atoms with van der Waals surface area (Å²) in [6.45, 7) is 8.35. The summed E-state index contributed by atoms with van der Waals surface area (Å²) in [6, 6.07) is 14.1. The second-order valence-electron chi connectivity index (χ2n) is 4.70. The number of hydrogen-bond acceptors (Lipinski definition) is 2. The molecule has 0 atom stereocenters. The maximum atomic E-state index is 5.44. The maximum Gasteiger partial charge on any atom is 0.119 e. The minimum atomic E-state index is 0.524. The first-order valence-electron chi connectivity index (χ1n) is 6.64. The lowest BCUT2D eigenvalue weighted by Gasteiger charge is -2.03. The van der Waals surface area contributed by atoms with Crippen LogP contribution < -0.4 is 4.74 Å². The van der Waals surface area contributed by atoms with Gasteiger partial charge in [0, 0.05) is 6.21 Å². The Morgan fingerprint density at radius 3 is 2.45 bits per heavy atom. The van der Waals surface area contributed by atoms with Gasteiger partial charge in [0.25, 0.3) is 0 Å². The highest BCUT2D eigenvalue weighted by molar-refractivity contribution is 5.82. The van der Waals surface area contributed by atoms with E-state index in [0.717, 1.165) is 17.0 Å². The Bertz CT molecular complexity index is 612. The van der Waals surface area contributed by atoms with Crippen LogP contribution in [0.25, 0.3) is 0 Å². The molecule has 0 unspecified atom stereocenters. The number of benzene rings is 2. The third-order valence-electron chi connectivity index (χ3n) is 3.10. The molecule has 0 saturated heterocycles. The van der Waals surface area contributed by atoms with Crippen LogP contribution in [0.2, 0.25) is 0 Å². The molecule has 0 aromatic heterocycles. The Morgan fingerprint density at radius 2 is 1.80 bits per heavy atom. The quantitative estimate of drug-likeness (QED) is 0.571. The second-order valence-corrected chi connectivity index (χ2v) is 4.70. The Balaban J connectivity index is 2.06. The van der Waals surface area contributed by atoms with Crippen molar-refractivity contribution in [2.24, 2.45) is 4.99 Å². The van der Waals surface area contributed by atoms with Gasteiger partial charge in [0.1, 0.15) is 12.4 Å². The van der Waals surface area contributed by atoms with Gasteiger partial charge in [0.05, 0.1) is 5.69 Å². The average Bonchev–Trinajstić information content (AvgIpc) is 2.47. The van der Waals surface area contributed by atoms with Crippen LogP contribution in [0, 0.1) is 13.8 Å². The average molecular weight is 265 g/mol. The summed E-state index contributed by atoms with van der Waals surface area (Å²) in [5, 5.41) is 0. The normalized spacial score (nSPS) is 10.7. The fourth-order valence-electron chi connectivity index (χ4n) is 1.76. The van der Waals surface area contributed by atoms with Gasteiger partial charge in [-0.1, -0.05) is 18.7 Å². The van der Waals surface area contributed by atoms with Crippen LogP contribution >= 0.6 is 0 Å². The van der Waals surface area contributed by atoms with E-state index in [9.17, 15) is 0 Å². The summed E-state index contributed by atoms with van der Waals surface area (Å²) in [6.07, 6.45) is 3.59. The molecule has 0 heterocycles. The number of rotatable bonds is 5. The molecule has 0 fully saturated rings. The van der Waals surface area contributed by atoms with E-state index in [1.54, 1.807) is 6.08 Å². The van der Waals surface area contributed by atoms with Crippen molar-refractivity contribution in [3.05, 3.63) is 71.8 Å². The molecule has 0 aliphatic heterocycles. The van der Waals surface area contributed by atoms with Crippen molar-refractivity contribution < 1.29 is 4.74 Å². The molecule has 2 nitrogen and oxygen atoms in total. The Labute approximate surface area is 120 Å². The minimum Gasteiger partial charge on any atom is -0.490 e. The first-order valence-corrected chi connectivity index (χ1v) is 6.64. The van der Waals surface area contributed by atoms with Crippen LogP contribution in [0.4, 0.5) is 5.69 Å². The molecule has 2 aromatic rings. The summed E-state index contributed by atoms with van der Waals surface area (Å²) in [4.78, 5) is 4.49. The summed E-state index contributed by atoms with van der Waals surface area (Å²) in [5.41, 5.74) is 4.56. The molecule has 0 aliphatic rings. The summed E-state index contributed by atoms with van der Waals surface area (Å²) in [5.74, 6) is 0.841. The highest BCUT2D eigenvalue weighted by Crippen LogP contribution is 2.17. The molecular formula is C18H19NO. The summed E-state index contributed by atoms with van der Waals surface area (Å²) in [7, 11) is 0. The lowest BCUT2D eigenvalue weighted by Crippen LogP contribution is -1.92. The minimum absolute atomic E-state index is 0.524. The van der Waals surface area contributed by atoms with Crippen LogP contribution in [0.3, 0.4) is 0 Å². The third kappa shape index (κ3) is 3.82. The number of aliphatic imine (C=N–C) groups is 1. The molecule has 0 bridgehead atoms. The van der Waals surface area contributed by atoms with E-state index in [2.05, 4.69) is 37.6 Å². The van der Waals surface area contributed by atoms with Gasteiger partial charge in [0.15, 0.2) is 0 Å². The van der Waals surface area contributed by atoms with Gasteiger partial charge < -0.3 is 4.74 Å². The zero-order valence-electron chi connectivity index (χ0n) is 12.0. The molecule has 0 N–H and O–H groups in total. The number of aryl methyl sites for hydroxylation is 2. The molecule has 2 aromatic carbocycles. The van der Waals surface area contributed by atoms with Gasteiger partial charge in [-0.15, -0.1) is 0 Å². The standard InChI is InChI=1S/C18H19NO/c1-4-11-20-18-9-6-16(7-10-18)13-19-17-8-5-14(2)15(3)12-17/h4-10,12-13H,1,11H2,2-3H3. The smallest absolute Gasteiger partial charge is 0.119 e. The fourth-order valence-corrected chi connectivity index (χ4v) is 1.76. The monoisotopic (exact) mass is 265 g/mol. The van der Waals surface area contributed by atoms with Crippen molar-refractivity contribution in [2.75, 3.05) is 6.61 Å². The number of hydrogen-bond donors (Lipinski definition) is 0. The van der Waals surface area contributed by atoms with E-state index >= 15 is 0 Å². The molecule has 0 saturated carbocycles. The molecule has 102 valence electrons. The van der Waals surface area contributed by atoms with Gasteiger partial charge in [-0.3, -0.25) is 4.99 Å². The lowest BCUT2D eigenvalue weighted by molar-refractivity contribution is 0.363. The van der Waals surface area contributed by atoms with Crippen LogP contribution in [-0.4, -0.2) is 12.8 Å². The highest BCUT2D eigenvalue weighted by Gasteiger charge is 1.95. The van der Waals surface area contributed by atoms with E-state index in [-0.39, 0.29) is 0 Å². The van der Waals surface area contributed by atoms with E-state index in [0.29, 0.717) is 6.61 Å². The summed E-state index contributed by atoms with van der Waals surface area (Å²) < 4.78 is 5.44. The molecule has 20 heavy (non-hydrogen) atoms. The molecule has 2 heteroatoms. The Hall–Kier alpha value is -2.35. The maximum absolute atomic E-state index is 5.44. The van der Waals surface area contributed by atoms with Crippen LogP contribution in [0.1, 0.15) is 16.7 Å².